The third-order valence-corrected chi connectivity index (χ3v) is 7.48. The molecule has 0 aliphatic carbocycles. The van der Waals surface area contributed by atoms with Gasteiger partial charge in [-0.1, -0.05) is 60.7 Å². The van der Waals surface area contributed by atoms with Gasteiger partial charge in [-0.05, 0) is 71.3 Å². The molecule has 3 aromatic carbocycles. The molecule has 0 atom stereocenters. The first-order valence-electron chi connectivity index (χ1n) is 13.7. The number of benzene rings is 3. The van der Waals surface area contributed by atoms with Crippen molar-refractivity contribution in [2.45, 2.75) is 26.2 Å². The van der Waals surface area contributed by atoms with Gasteiger partial charge in [0.15, 0.2) is 0 Å². The van der Waals surface area contributed by atoms with Crippen LogP contribution in [0.4, 0.5) is 5.69 Å². The minimum atomic E-state index is -0.161. The van der Waals surface area contributed by atoms with Crippen molar-refractivity contribution in [1.82, 2.24) is 20.2 Å². The van der Waals surface area contributed by atoms with Crippen LogP contribution < -0.4 is 15.5 Å². The number of pyridine rings is 1. The van der Waals surface area contributed by atoms with Crippen LogP contribution >= 0.6 is 0 Å². The minimum absolute atomic E-state index is 0.0789. The molecule has 0 spiro atoms. The van der Waals surface area contributed by atoms with E-state index in [0.29, 0.717) is 30.9 Å². The summed E-state index contributed by atoms with van der Waals surface area (Å²) in [6.45, 7) is 2.02. The van der Waals surface area contributed by atoms with E-state index in [1.54, 1.807) is 12.4 Å². The molecule has 2 N–H and O–H groups in total. The van der Waals surface area contributed by atoms with Crippen molar-refractivity contribution in [3.8, 4) is 11.1 Å². The lowest BCUT2D eigenvalue weighted by atomic mass is 9.98. The summed E-state index contributed by atoms with van der Waals surface area (Å²) in [5.74, 6) is -0.240. The zero-order valence-electron chi connectivity index (χ0n) is 22.9. The molecule has 41 heavy (non-hydrogen) atoms. The Morgan fingerprint density at radius 2 is 1.63 bits per heavy atom. The van der Waals surface area contributed by atoms with E-state index < -0.39 is 0 Å². The van der Waals surface area contributed by atoms with Crippen molar-refractivity contribution in [1.29, 1.82) is 0 Å². The topological polar surface area (TPSA) is 79.3 Å². The molecular weight excluding hydrogens is 510 g/mol. The van der Waals surface area contributed by atoms with Gasteiger partial charge in [0.2, 0.25) is 0 Å². The van der Waals surface area contributed by atoms with E-state index in [1.807, 2.05) is 101 Å². The van der Waals surface area contributed by atoms with Crippen LogP contribution in [0.3, 0.4) is 0 Å². The average molecular weight is 542 g/mol. The summed E-state index contributed by atoms with van der Waals surface area (Å²) in [5, 5.41) is 6.22. The molecular formula is C34H31N5O2. The van der Waals surface area contributed by atoms with Gasteiger partial charge in [0.1, 0.15) is 5.69 Å². The molecule has 7 heteroatoms. The normalized spacial score (nSPS) is 12.3. The van der Waals surface area contributed by atoms with E-state index in [-0.39, 0.29) is 11.8 Å². The predicted molar refractivity (Wildman–Crippen MR) is 161 cm³/mol. The molecule has 0 bridgehead atoms. The van der Waals surface area contributed by atoms with Crippen LogP contribution in [0.2, 0.25) is 0 Å². The van der Waals surface area contributed by atoms with Crippen molar-refractivity contribution < 1.29 is 9.59 Å². The number of carbonyl (C=O) groups is 2. The molecule has 5 aromatic rings. The Morgan fingerprint density at radius 3 is 2.44 bits per heavy atom. The molecule has 204 valence electrons. The van der Waals surface area contributed by atoms with Gasteiger partial charge in [-0.3, -0.25) is 14.6 Å². The molecule has 1 aliphatic rings. The monoisotopic (exact) mass is 541 g/mol. The summed E-state index contributed by atoms with van der Waals surface area (Å²) in [6, 6.07) is 31.6. The van der Waals surface area contributed by atoms with Crippen LogP contribution in [-0.4, -0.2) is 28.4 Å². The van der Waals surface area contributed by atoms with Crippen molar-refractivity contribution in [2.24, 2.45) is 0 Å². The first-order valence-corrected chi connectivity index (χ1v) is 13.7. The van der Waals surface area contributed by atoms with Gasteiger partial charge in [0, 0.05) is 42.4 Å². The fourth-order valence-electron chi connectivity index (χ4n) is 5.41. The molecule has 6 rings (SSSR count). The highest BCUT2D eigenvalue weighted by Crippen LogP contribution is 2.31. The molecule has 0 saturated heterocycles. The van der Waals surface area contributed by atoms with Crippen LogP contribution in [0.1, 0.15) is 43.2 Å². The molecule has 2 aromatic heterocycles. The van der Waals surface area contributed by atoms with Gasteiger partial charge in [-0.25, -0.2) is 0 Å². The maximum atomic E-state index is 14.0. The van der Waals surface area contributed by atoms with Gasteiger partial charge in [0.05, 0.1) is 13.1 Å². The molecule has 0 saturated carbocycles. The van der Waals surface area contributed by atoms with Crippen molar-refractivity contribution in [3.05, 3.63) is 143 Å². The van der Waals surface area contributed by atoms with Crippen molar-refractivity contribution in [3.63, 3.8) is 0 Å². The number of para-hydroxylation sites is 1. The van der Waals surface area contributed by atoms with Crippen LogP contribution in [-0.2, 0) is 26.2 Å². The zero-order chi connectivity index (χ0) is 28.2. The van der Waals surface area contributed by atoms with Gasteiger partial charge >= 0.3 is 0 Å². The number of nitrogens with zero attached hydrogens (tertiary/aromatic N) is 3. The standard InChI is InChI=1S/C34H31N5O2/c1-35-21-27-8-2-4-10-30(27)25-12-14-26(15-13-25)34(41)39-23-29-16-17-32(33(40)37-20-24-7-6-18-36-19-24)38(29)22-28-9-3-5-11-31(28)39/h2-19,35H,20-23H2,1H3,(H,37,40). The number of aromatic nitrogens is 2. The molecule has 1 aliphatic heterocycles. The number of carbonyl (C=O) groups excluding carboxylic acids is 2. The summed E-state index contributed by atoms with van der Waals surface area (Å²) < 4.78 is 2.01. The lowest BCUT2D eigenvalue weighted by molar-refractivity contribution is 0.0941. The van der Waals surface area contributed by atoms with Gasteiger partial charge in [-0.15, -0.1) is 0 Å². The first kappa shape index (κ1) is 26.2. The predicted octanol–water partition coefficient (Wildman–Crippen LogP) is 5.41. The maximum absolute atomic E-state index is 14.0. The van der Waals surface area contributed by atoms with Crippen LogP contribution in [0.5, 0.6) is 0 Å². The van der Waals surface area contributed by atoms with Gasteiger partial charge in [0.25, 0.3) is 11.8 Å². The Bertz CT molecular complexity index is 1690. The highest BCUT2D eigenvalue weighted by molar-refractivity contribution is 6.07. The summed E-state index contributed by atoms with van der Waals surface area (Å²) in [7, 11) is 1.94. The number of rotatable bonds is 7. The Morgan fingerprint density at radius 1 is 0.829 bits per heavy atom. The Balaban J connectivity index is 1.27. The lowest BCUT2D eigenvalue weighted by Crippen LogP contribution is -2.30. The number of hydrogen-bond acceptors (Lipinski definition) is 4. The fraction of sp³-hybridized carbons (Fsp3) is 0.147. The molecule has 0 unspecified atom stereocenters. The first-order chi connectivity index (χ1) is 20.1. The number of nitrogens with one attached hydrogen (secondary N) is 2. The van der Waals surface area contributed by atoms with Gasteiger partial charge < -0.3 is 20.1 Å². The number of fused-ring (bicyclic) bond motifs is 2. The molecule has 7 nitrogen and oxygen atoms in total. The second-order valence-electron chi connectivity index (χ2n) is 10.1. The third kappa shape index (κ3) is 5.40. The highest BCUT2D eigenvalue weighted by Gasteiger charge is 2.27. The largest absolute Gasteiger partial charge is 0.347 e. The summed E-state index contributed by atoms with van der Waals surface area (Å²) in [6.07, 6.45) is 3.45. The molecule has 2 amide bonds. The molecule has 0 radical (unpaired) electrons. The van der Waals surface area contributed by atoms with Crippen LogP contribution in [0, 0.1) is 0 Å². The van der Waals surface area contributed by atoms with E-state index in [9.17, 15) is 9.59 Å². The van der Waals surface area contributed by atoms with Crippen molar-refractivity contribution >= 4 is 17.5 Å². The smallest absolute Gasteiger partial charge is 0.268 e. The average Bonchev–Trinajstić information content (AvgIpc) is 3.33. The number of hydrogen-bond donors (Lipinski definition) is 2. The second-order valence-corrected chi connectivity index (χ2v) is 10.1. The Hall–Kier alpha value is -5.01. The van der Waals surface area contributed by atoms with E-state index in [4.69, 9.17) is 0 Å². The van der Waals surface area contributed by atoms with Crippen LogP contribution in [0.15, 0.2) is 109 Å². The highest BCUT2D eigenvalue weighted by atomic mass is 16.2. The van der Waals surface area contributed by atoms with E-state index in [2.05, 4.69) is 27.8 Å². The van der Waals surface area contributed by atoms with Crippen molar-refractivity contribution in [2.75, 3.05) is 11.9 Å². The lowest BCUT2D eigenvalue weighted by Gasteiger charge is -2.23. The van der Waals surface area contributed by atoms with E-state index >= 15 is 0 Å². The number of amides is 2. The maximum Gasteiger partial charge on any atom is 0.268 e. The van der Waals surface area contributed by atoms with Gasteiger partial charge in [-0.2, -0.15) is 0 Å². The molecule has 0 fully saturated rings. The fourth-order valence-corrected chi connectivity index (χ4v) is 5.41. The zero-order valence-corrected chi connectivity index (χ0v) is 22.9. The summed E-state index contributed by atoms with van der Waals surface area (Å²) in [5.41, 5.74) is 8.27. The Kier molecular flexibility index (Phi) is 7.43. The SMILES string of the molecule is CNCc1ccccc1-c1ccc(C(=O)N2Cc3ccc(C(=O)NCc4cccnc4)n3Cc3ccccc32)cc1. The second kappa shape index (κ2) is 11.6. The summed E-state index contributed by atoms with van der Waals surface area (Å²) in [4.78, 5) is 33.1. The van der Waals surface area contributed by atoms with Crippen LogP contribution in [0.25, 0.3) is 11.1 Å². The minimum Gasteiger partial charge on any atom is -0.347 e. The Labute approximate surface area is 239 Å². The number of anilines is 1. The van der Waals surface area contributed by atoms with E-state index in [1.165, 1.54) is 5.56 Å². The molecule has 3 heterocycles. The third-order valence-electron chi connectivity index (χ3n) is 7.48. The van der Waals surface area contributed by atoms with E-state index in [0.717, 1.165) is 40.2 Å². The summed E-state index contributed by atoms with van der Waals surface area (Å²) >= 11 is 0. The quantitative estimate of drug-likeness (QED) is 0.289.